The van der Waals surface area contributed by atoms with E-state index in [-0.39, 0.29) is 6.09 Å². The maximum atomic E-state index is 11.8. The molecule has 3 rings (SSSR count). The number of rotatable bonds is 5. The molecule has 2 bridgehead atoms. The maximum Gasteiger partial charge on any atom is 0.407 e. The van der Waals surface area contributed by atoms with Crippen LogP contribution in [0.2, 0.25) is 0 Å². The number of hydrogen-bond acceptors (Lipinski definition) is 3. The molecule has 120 valence electrons. The van der Waals surface area contributed by atoms with Gasteiger partial charge in [-0.25, -0.2) is 4.79 Å². The number of nitrogens with one attached hydrogen (secondary N) is 2. The Morgan fingerprint density at radius 3 is 2.48 bits per heavy atom. The lowest BCUT2D eigenvalue weighted by Crippen LogP contribution is -2.49. The zero-order valence-electron chi connectivity index (χ0n) is 13.7. The number of carbonyl (C=O) groups is 1. The Balaban J connectivity index is 1.46. The predicted octanol–water partition coefficient (Wildman–Crippen LogP) is 3.07. The van der Waals surface area contributed by atoms with E-state index in [0.29, 0.717) is 18.6 Å². The molecule has 0 aromatic heterocycles. The van der Waals surface area contributed by atoms with Crippen molar-refractivity contribution in [3.05, 3.63) is 0 Å². The van der Waals surface area contributed by atoms with Crippen LogP contribution in [0, 0.1) is 17.8 Å². The Morgan fingerprint density at radius 2 is 1.95 bits per heavy atom. The summed E-state index contributed by atoms with van der Waals surface area (Å²) in [5.74, 6) is 2.60. The highest BCUT2D eigenvalue weighted by atomic mass is 16.6. The summed E-state index contributed by atoms with van der Waals surface area (Å²) in [6.07, 6.45) is 7.92. The van der Waals surface area contributed by atoms with Crippen molar-refractivity contribution in [1.29, 1.82) is 0 Å². The lowest BCUT2D eigenvalue weighted by atomic mass is 9.94. The summed E-state index contributed by atoms with van der Waals surface area (Å²) >= 11 is 0. The molecule has 3 aliphatic rings. The molecule has 0 spiro atoms. The highest BCUT2D eigenvalue weighted by Crippen LogP contribution is 2.45. The van der Waals surface area contributed by atoms with E-state index in [9.17, 15) is 4.79 Å². The third kappa shape index (κ3) is 4.12. The number of carbonyl (C=O) groups excluding carboxylic acids is 1. The number of amides is 1. The largest absolute Gasteiger partial charge is 0.444 e. The van der Waals surface area contributed by atoms with E-state index in [1.165, 1.54) is 38.5 Å². The van der Waals surface area contributed by atoms with E-state index in [0.717, 1.165) is 17.8 Å². The van der Waals surface area contributed by atoms with Crippen molar-refractivity contribution in [3.8, 4) is 0 Å². The molecule has 0 aliphatic heterocycles. The van der Waals surface area contributed by atoms with Crippen molar-refractivity contribution >= 4 is 6.09 Å². The van der Waals surface area contributed by atoms with E-state index in [1.807, 2.05) is 20.8 Å². The number of ether oxygens (including phenoxy) is 1. The fraction of sp³-hybridized carbons (Fsp3) is 0.941. The molecule has 4 heteroatoms. The fourth-order valence-electron chi connectivity index (χ4n) is 4.09. The van der Waals surface area contributed by atoms with Gasteiger partial charge < -0.3 is 15.4 Å². The molecule has 3 fully saturated rings. The van der Waals surface area contributed by atoms with Crippen molar-refractivity contribution in [2.45, 2.75) is 77.0 Å². The van der Waals surface area contributed by atoms with Crippen LogP contribution in [0.4, 0.5) is 4.79 Å². The van der Waals surface area contributed by atoms with Gasteiger partial charge in [0, 0.05) is 18.6 Å². The normalized spacial score (nSPS) is 33.0. The second-order valence-electron chi connectivity index (χ2n) is 8.27. The van der Waals surface area contributed by atoms with Crippen LogP contribution in [0.1, 0.15) is 59.3 Å². The first-order chi connectivity index (χ1) is 9.90. The van der Waals surface area contributed by atoms with Crippen LogP contribution in [0.15, 0.2) is 0 Å². The van der Waals surface area contributed by atoms with Crippen LogP contribution in [0.25, 0.3) is 0 Å². The highest BCUT2D eigenvalue weighted by molar-refractivity contribution is 5.67. The van der Waals surface area contributed by atoms with Gasteiger partial charge >= 0.3 is 6.09 Å². The van der Waals surface area contributed by atoms with Crippen LogP contribution in [-0.4, -0.2) is 30.3 Å². The monoisotopic (exact) mass is 294 g/mol. The van der Waals surface area contributed by atoms with Crippen LogP contribution in [0.3, 0.4) is 0 Å². The third-order valence-electron chi connectivity index (χ3n) is 5.22. The summed E-state index contributed by atoms with van der Waals surface area (Å²) in [5, 5.41) is 6.81. The molecule has 1 amide bonds. The molecule has 0 aromatic rings. The smallest absolute Gasteiger partial charge is 0.407 e. The van der Waals surface area contributed by atoms with Gasteiger partial charge in [-0.3, -0.25) is 0 Å². The summed E-state index contributed by atoms with van der Waals surface area (Å²) in [5.41, 5.74) is -0.419. The van der Waals surface area contributed by atoms with Crippen LogP contribution in [-0.2, 0) is 4.74 Å². The Labute approximate surface area is 128 Å². The van der Waals surface area contributed by atoms with E-state index in [1.54, 1.807) is 0 Å². The van der Waals surface area contributed by atoms with Gasteiger partial charge in [-0.2, -0.15) is 0 Å². The predicted molar refractivity (Wildman–Crippen MR) is 83.1 cm³/mol. The molecule has 4 unspecified atom stereocenters. The first-order valence-corrected chi connectivity index (χ1v) is 8.63. The molecule has 0 aromatic carbocycles. The topological polar surface area (TPSA) is 50.4 Å². The quantitative estimate of drug-likeness (QED) is 0.819. The van der Waals surface area contributed by atoms with Gasteiger partial charge in [0.1, 0.15) is 5.60 Å². The molecule has 4 atom stereocenters. The summed E-state index contributed by atoms with van der Waals surface area (Å²) in [7, 11) is 0. The zero-order chi connectivity index (χ0) is 15.0. The molecule has 0 radical (unpaired) electrons. The summed E-state index contributed by atoms with van der Waals surface area (Å²) in [4.78, 5) is 11.8. The highest BCUT2D eigenvalue weighted by Gasteiger charge is 2.42. The van der Waals surface area contributed by atoms with Crippen molar-refractivity contribution in [2.24, 2.45) is 17.8 Å². The fourth-order valence-corrected chi connectivity index (χ4v) is 4.09. The lowest BCUT2D eigenvalue weighted by molar-refractivity contribution is 0.0519. The van der Waals surface area contributed by atoms with Gasteiger partial charge in [-0.15, -0.1) is 0 Å². The Kier molecular flexibility index (Phi) is 4.17. The molecule has 2 N–H and O–H groups in total. The first-order valence-electron chi connectivity index (χ1n) is 8.63. The zero-order valence-corrected chi connectivity index (χ0v) is 13.7. The Hall–Kier alpha value is -0.770. The van der Waals surface area contributed by atoms with Gasteiger partial charge in [0.25, 0.3) is 0 Å². The third-order valence-corrected chi connectivity index (χ3v) is 5.22. The minimum atomic E-state index is -0.419. The van der Waals surface area contributed by atoms with E-state index < -0.39 is 5.60 Å². The molecule has 0 saturated heterocycles. The number of fused-ring (bicyclic) bond motifs is 2. The summed E-state index contributed by atoms with van der Waals surface area (Å²) in [6, 6.07) is 1.12. The van der Waals surface area contributed by atoms with E-state index in [4.69, 9.17) is 4.74 Å². The molecule has 3 aliphatic carbocycles. The molecule has 21 heavy (non-hydrogen) atoms. The lowest BCUT2D eigenvalue weighted by Gasteiger charge is -2.29. The first kappa shape index (κ1) is 15.1. The molecule has 4 nitrogen and oxygen atoms in total. The van der Waals surface area contributed by atoms with Gasteiger partial charge in [0.2, 0.25) is 0 Å². The van der Waals surface area contributed by atoms with Crippen molar-refractivity contribution < 1.29 is 9.53 Å². The molecular weight excluding hydrogens is 264 g/mol. The van der Waals surface area contributed by atoms with E-state index >= 15 is 0 Å². The summed E-state index contributed by atoms with van der Waals surface area (Å²) in [6.45, 7) is 6.41. The SMILES string of the molecule is CC(C)(C)OC(=O)NCC(NC1CC2CCC1C2)C1CC1. The molecule has 3 saturated carbocycles. The Morgan fingerprint density at radius 1 is 1.19 bits per heavy atom. The van der Waals surface area contributed by atoms with Gasteiger partial charge in [-0.1, -0.05) is 6.42 Å². The van der Waals surface area contributed by atoms with Crippen molar-refractivity contribution in [3.63, 3.8) is 0 Å². The van der Waals surface area contributed by atoms with E-state index in [2.05, 4.69) is 10.6 Å². The van der Waals surface area contributed by atoms with Crippen LogP contribution >= 0.6 is 0 Å². The Bertz CT molecular complexity index is 387. The van der Waals surface area contributed by atoms with Crippen LogP contribution < -0.4 is 10.6 Å². The second kappa shape index (κ2) is 5.79. The minimum Gasteiger partial charge on any atom is -0.444 e. The number of alkyl carbamates (subject to hydrolysis) is 1. The van der Waals surface area contributed by atoms with Crippen LogP contribution in [0.5, 0.6) is 0 Å². The minimum absolute atomic E-state index is 0.289. The van der Waals surface area contributed by atoms with Crippen molar-refractivity contribution in [1.82, 2.24) is 10.6 Å². The standard InChI is InChI=1S/C17H30N2O2/c1-17(2,3)21-16(20)18-10-15(12-6-7-12)19-14-9-11-4-5-13(14)8-11/h11-15,19H,4-10H2,1-3H3,(H,18,20). The average molecular weight is 294 g/mol. The molecule has 0 heterocycles. The molecular formula is C17H30N2O2. The van der Waals surface area contributed by atoms with Gasteiger partial charge in [0.05, 0.1) is 0 Å². The number of hydrogen-bond donors (Lipinski definition) is 2. The van der Waals surface area contributed by atoms with Crippen molar-refractivity contribution in [2.75, 3.05) is 6.54 Å². The second-order valence-corrected chi connectivity index (χ2v) is 8.27. The maximum absolute atomic E-state index is 11.8. The summed E-state index contributed by atoms with van der Waals surface area (Å²) < 4.78 is 5.33. The van der Waals surface area contributed by atoms with Gasteiger partial charge in [0.15, 0.2) is 0 Å². The average Bonchev–Trinajstić information content (AvgIpc) is 3.01. The van der Waals surface area contributed by atoms with Gasteiger partial charge in [-0.05, 0) is 70.6 Å².